The minimum atomic E-state index is -0.774. The SMILES string of the molecule is CC(C)(C)B1OB(c2cccc(B3OB(C(C)(C)C)OB(C(C)(C)C)O3)c2N2CN(c3cccc(COCc4ccc5c6ccccc6n(-c6ccccn6)c5c4)c3)c3ccccc32)OB(C(C)(C)C)O1. The number of para-hydroxylation sites is 4. The second-order valence-corrected chi connectivity index (χ2v) is 23.6. The summed E-state index contributed by atoms with van der Waals surface area (Å²) in [6.07, 6.45) is 1.84. The van der Waals surface area contributed by atoms with Gasteiger partial charge in [-0.05, 0) is 80.9 Å². The van der Waals surface area contributed by atoms with Crippen molar-refractivity contribution in [3.63, 3.8) is 0 Å². The minimum Gasteiger partial charge on any atom is -0.452 e. The number of fused-ring (bicyclic) bond motifs is 4. The van der Waals surface area contributed by atoms with E-state index < -0.39 is 42.7 Å². The topological polar surface area (TPSA) is 88.9 Å². The quantitative estimate of drug-likeness (QED) is 0.130. The number of hydrogen-bond donors (Lipinski definition) is 0. The van der Waals surface area contributed by atoms with Gasteiger partial charge in [0, 0.05) is 39.3 Å². The smallest absolute Gasteiger partial charge is 0.452 e. The minimum absolute atomic E-state index is 0.336. The van der Waals surface area contributed by atoms with Crippen LogP contribution in [0.4, 0.5) is 22.7 Å². The van der Waals surface area contributed by atoms with Crippen LogP contribution >= 0.6 is 0 Å². The van der Waals surface area contributed by atoms with Gasteiger partial charge in [-0.3, -0.25) is 4.57 Å². The van der Waals surface area contributed by atoms with Gasteiger partial charge >= 0.3 is 42.7 Å². The number of anilines is 4. The molecule has 10 rings (SSSR count). The van der Waals surface area contributed by atoms with E-state index in [1.807, 2.05) is 18.3 Å². The summed E-state index contributed by atoms with van der Waals surface area (Å²) in [7, 11) is -3.71. The van der Waals surface area contributed by atoms with E-state index in [0.717, 1.165) is 61.7 Å². The molecule has 71 heavy (non-hydrogen) atoms. The van der Waals surface area contributed by atoms with Crippen LogP contribution in [-0.2, 0) is 45.4 Å². The van der Waals surface area contributed by atoms with Gasteiger partial charge in [0.05, 0.1) is 35.6 Å². The molecule has 0 unspecified atom stereocenters. The second kappa shape index (κ2) is 19.0. The summed E-state index contributed by atoms with van der Waals surface area (Å²) < 4.78 is 49.5. The van der Waals surface area contributed by atoms with E-state index in [-0.39, 0.29) is 21.3 Å². The van der Waals surface area contributed by atoms with Crippen LogP contribution in [0.5, 0.6) is 0 Å². The molecule has 5 heterocycles. The molecule has 0 aliphatic carbocycles. The highest BCUT2D eigenvalue weighted by atomic mass is 16.7. The van der Waals surface area contributed by atoms with Crippen molar-refractivity contribution in [2.75, 3.05) is 16.5 Å². The number of hydrogen-bond acceptors (Lipinski definition) is 10. The van der Waals surface area contributed by atoms with Crippen LogP contribution < -0.4 is 20.7 Å². The number of ether oxygens (including phenoxy) is 1. The van der Waals surface area contributed by atoms with Crippen molar-refractivity contribution in [2.45, 2.75) is 118 Å². The van der Waals surface area contributed by atoms with Crippen molar-refractivity contribution < 1.29 is 32.2 Å². The van der Waals surface area contributed by atoms with Crippen LogP contribution in [-0.4, -0.2) is 58.9 Å². The van der Waals surface area contributed by atoms with Crippen molar-refractivity contribution in [1.29, 1.82) is 0 Å². The Bertz CT molecular complexity index is 2930. The van der Waals surface area contributed by atoms with Gasteiger partial charge in [0.15, 0.2) is 0 Å². The largest absolute Gasteiger partial charge is 0.468 e. The number of rotatable bonds is 9. The van der Waals surface area contributed by atoms with Gasteiger partial charge in [0.25, 0.3) is 0 Å². The Balaban J connectivity index is 0.986. The first-order chi connectivity index (χ1) is 33.7. The van der Waals surface area contributed by atoms with Crippen LogP contribution in [0.1, 0.15) is 94.2 Å². The number of nitrogens with zero attached hydrogens (tertiary/aromatic N) is 4. The summed E-state index contributed by atoms with van der Waals surface area (Å²) in [4.78, 5) is 9.42. The number of aromatic nitrogens is 2. The highest BCUT2D eigenvalue weighted by molar-refractivity contribution is 6.84. The maximum Gasteiger partial charge on any atom is 0.468 e. The molecule has 5 aromatic carbocycles. The predicted molar refractivity (Wildman–Crippen MR) is 295 cm³/mol. The summed E-state index contributed by atoms with van der Waals surface area (Å²) in [5.41, 5.74) is 10.1. The Morgan fingerprint density at radius 1 is 0.479 bits per heavy atom. The standard InChI is InChI=1S/C54H64B6N4O7/c1-51(2,3)57-66-55(67-58(70-57)52(4,5)6)43-24-20-25-44(56-68-59(53(7,8)9)71-60(69-56)54(10,11)12)50(43)63-37-62(46-27-15-16-28-47(46)63)40-22-19-21-38(33-40)35-65-36-39-30-31-42-41-23-13-14-26-45(41)64(48(42)34-39)49-29-17-18-32-61-49/h13-34H,35-37H2,1-12H3. The molecule has 2 aromatic heterocycles. The van der Waals surface area contributed by atoms with E-state index in [2.05, 4.69) is 213 Å². The average molecular weight is 946 g/mol. The van der Waals surface area contributed by atoms with Crippen molar-refractivity contribution in [1.82, 2.24) is 9.55 Å². The first kappa shape index (κ1) is 49.3. The fraction of sp³-hybridized carbons (Fsp3) is 0.352. The maximum absolute atomic E-state index is 6.89. The fourth-order valence-corrected chi connectivity index (χ4v) is 9.63. The van der Waals surface area contributed by atoms with Crippen LogP contribution in [0.3, 0.4) is 0 Å². The third-order valence-corrected chi connectivity index (χ3v) is 13.3. The normalized spacial score (nSPS) is 16.3. The first-order valence-corrected chi connectivity index (χ1v) is 25.0. The highest BCUT2D eigenvalue weighted by Gasteiger charge is 2.55. The van der Waals surface area contributed by atoms with Crippen LogP contribution in [0.2, 0.25) is 21.3 Å². The fourth-order valence-electron chi connectivity index (χ4n) is 9.63. The zero-order chi connectivity index (χ0) is 50.0. The number of benzene rings is 5. The molecule has 3 aliphatic rings. The van der Waals surface area contributed by atoms with Gasteiger partial charge in [-0.25, -0.2) is 4.98 Å². The van der Waals surface area contributed by atoms with E-state index in [0.29, 0.717) is 19.9 Å². The van der Waals surface area contributed by atoms with E-state index >= 15 is 0 Å². The van der Waals surface area contributed by atoms with Crippen LogP contribution in [0.25, 0.3) is 27.6 Å². The molecule has 0 saturated carbocycles. The molecule has 2 saturated heterocycles. The summed E-state index contributed by atoms with van der Waals surface area (Å²) in [5, 5.41) is 1.03. The molecule has 17 heteroatoms. The van der Waals surface area contributed by atoms with Gasteiger partial charge in [0.2, 0.25) is 0 Å². The Morgan fingerprint density at radius 3 is 1.55 bits per heavy atom. The summed E-state index contributed by atoms with van der Waals surface area (Å²) in [5.74, 6) is 0.887. The van der Waals surface area contributed by atoms with E-state index in [1.54, 1.807) is 0 Å². The highest BCUT2D eigenvalue weighted by Crippen LogP contribution is 2.46. The lowest BCUT2D eigenvalue weighted by atomic mass is 9.49. The Morgan fingerprint density at radius 2 is 0.986 bits per heavy atom. The van der Waals surface area contributed by atoms with Crippen molar-refractivity contribution in [3.8, 4) is 5.82 Å². The van der Waals surface area contributed by atoms with Crippen LogP contribution in [0, 0.1) is 0 Å². The molecule has 0 amide bonds. The van der Waals surface area contributed by atoms with Gasteiger partial charge in [-0.1, -0.05) is 162 Å². The molecule has 0 atom stereocenters. The third kappa shape index (κ3) is 9.99. The number of pyridine rings is 1. The molecule has 0 spiro atoms. The Labute approximate surface area is 422 Å². The molecule has 3 aliphatic heterocycles. The molecule has 360 valence electrons. The second-order valence-electron chi connectivity index (χ2n) is 23.6. The lowest BCUT2D eigenvalue weighted by molar-refractivity contribution is 0.107. The average Bonchev–Trinajstić information content (AvgIpc) is 3.89. The first-order valence-electron chi connectivity index (χ1n) is 25.0. The monoisotopic (exact) mass is 947 g/mol. The molecular formula is C54H64B6N4O7. The van der Waals surface area contributed by atoms with E-state index in [4.69, 9.17) is 37.2 Å². The van der Waals surface area contributed by atoms with Crippen LogP contribution in [0.15, 0.2) is 134 Å². The lowest BCUT2D eigenvalue weighted by Gasteiger charge is -2.43. The molecule has 11 nitrogen and oxygen atoms in total. The van der Waals surface area contributed by atoms with Crippen molar-refractivity contribution in [3.05, 3.63) is 145 Å². The van der Waals surface area contributed by atoms with E-state index in [1.165, 1.54) is 10.8 Å². The molecule has 0 radical (unpaired) electrons. The van der Waals surface area contributed by atoms with Gasteiger partial charge < -0.3 is 42.0 Å². The van der Waals surface area contributed by atoms with Gasteiger partial charge in [-0.15, -0.1) is 0 Å². The molecule has 0 bridgehead atoms. The molecule has 7 aromatic rings. The molecular weight excluding hydrogens is 881 g/mol. The Hall–Kier alpha value is -5.24. The van der Waals surface area contributed by atoms with E-state index in [9.17, 15) is 0 Å². The maximum atomic E-state index is 6.89. The summed E-state index contributed by atoms with van der Waals surface area (Å²) in [6, 6.07) is 44.6. The van der Waals surface area contributed by atoms with Crippen molar-refractivity contribution in [2.24, 2.45) is 0 Å². The zero-order valence-corrected chi connectivity index (χ0v) is 43.4. The Kier molecular flexibility index (Phi) is 13.2. The van der Waals surface area contributed by atoms with Gasteiger partial charge in [0.1, 0.15) is 12.5 Å². The zero-order valence-electron chi connectivity index (χ0n) is 43.4. The molecule has 0 N–H and O–H groups in total. The third-order valence-electron chi connectivity index (χ3n) is 13.3. The summed E-state index contributed by atoms with van der Waals surface area (Å²) in [6.45, 7) is 27.0. The molecule has 2 fully saturated rings. The van der Waals surface area contributed by atoms with Crippen molar-refractivity contribution >= 4 is 98.2 Å². The lowest BCUT2D eigenvalue weighted by Crippen LogP contribution is -2.62. The van der Waals surface area contributed by atoms with Gasteiger partial charge in [-0.2, -0.15) is 0 Å². The predicted octanol–water partition coefficient (Wildman–Crippen LogP) is 11.8. The summed E-state index contributed by atoms with van der Waals surface area (Å²) >= 11 is 0.